The Morgan fingerprint density at radius 3 is 2.88 bits per heavy atom. The van der Waals surface area contributed by atoms with Gasteiger partial charge in [0, 0.05) is 19.4 Å². The highest BCUT2D eigenvalue weighted by atomic mass is 16.5. The van der Waals surface area contributed by atoms with E-state index in [1.54, 1.807) is 0 Å². The monoisotopic (exact) mass is 341 g/mol. The second-order valence-electron chi connectivity index (χ2n) is 6.94. The van der Waals surface area contributed by atoms with Crippen LogP contribution in [-0.4, -0.2) is 33.6 Å². The molecule has 2 atom stereocenters. The predicted molar refractivity (Wildman–Crippen MR) is 91.4 cm³/mol. The third kappa shape index (κ3) is 2.79. The van der Waals surface area contributed by atoms with Gasteiger partial charge in [-0.2, -0.15) is 4.98 Å². The van der Waals surface area contributed by atoms with Gasteiger partial charge in [0.05, 0.1) is 6.04 Å². The second-order valence-corrected chi connectivity index (χ2v) is 6.94. The topological polar surface area (TPSA) is 68.5 Å². The average molecular weight is 341 g/mol. The molecule has 0 spiro atoms. The quantitative estimate of drug-likeness (QED) is 0.858. The van der Waals surface area contributed by atoms with E-state index >= 15 is 0 Å². The van der Waals surface area contributed by atoms with Crippen molar-refractivity contribution in [1.29, 1.82) is 0 Å². The van der Waals surface area contributed by atoms with Crippen molar-refractivity contribution in [2.75, 3.05) is 6.54 Å². The summed E-state index contributed by atoms with van der Waals surface area (Å²) in [5, 5.41) is 4.07. The van der Waals surface area contributed by atoms with E-state index in [1.807, 2.05) is 17.9 Å². The maximum Gasteiger partial charge on any atom is 0.264 e. The Labute approximate surface area is 147 Å². The fourth-order valence-corrected chi connectivity index (χ4v) is 3.68. The van der Waals surface area contributed by atoms with Gasteiger partial charge >= 0.3 is 0 Å². The van der Waals surface area contributed by atoms with Gasteiger partial charge in [0.2, 0.25) is 5.89 Å². The second kappa shape index (κ2) is 6.17. The van der Waals surface area contributed by atoms with Crippen LogP contribution in [0.4, 0.5) is 0 Å². The van der Waals surface area contributed by atoms with E-state index in [0.29, 0.717) is 31.1 Å². The lowest BCUT2D eigenvalue weighted by Crippen LogP contribution is -2.41. The number of rotatable bonds is 3. The fourth-order valence-electron chi connectivity index (χ4n) is 3.68. The van der Waals surface area contributed by atoms with E-state index in [4.69, 9.17) is 9.26 Å². The zero-order valence-electron chi connectivity index (χ0n) is 14.9. The van der Waals surface area contributed by atoms with Crippen LogP contribution in [0.15, 0.2) is 16.7 Å². The number of nitrogens with zero attached hydrogens (tertiary/aromatic N) is 3. The van der Waals surface area contributed by atoms with Gasteiger partial charge in [-0.15, -0.1) is 0 Å². The summed E-state index contributed by atoms with van der Waals surface area (Å²) in [7, 11) is 0. The molecule has 2 aliphatic heterocycles. The van der Waals surface area contributed by atoms with Crippen LogP contribution >= 0.6 is 0 Å². The van der Waals surface area contributed by atoms with Crippen LogP contribution in [0.2, 0.25) is 0 Å². The van der Waals surface area contributed by atoms with Crippen molar-refractivity contribution in [2.45, 2.75) is 58.6 Å². The molecule has 1 amide bonds. The van der Waals surface area contributed by atoms with Crippen LogP contribution in [0, 0.1) is 13.8 Å². The summed E-state index contributed by atoms with van der Waals surface area (Å²) >= 11 is 0. The smallest absolute Gasteiger partial charge is 0.264 e. The molecular weight excluding hydrogens is 318 g/mol. The molecule has 6 heteroatoms. The number of amides is 1. The van der Waals surface area contributed by atoms with E-state index in [0.717, 1.165) is 24.2 Å². The van der Waals surface area contributed by atoms with Gasteiger partial charge in [-0.3, -0.25) is 4.79 Å². The fraction of sp³-hybridized carbons (Fsp3) is 0.526. The van der Waals surface area contributed by atoms with Gasteiger partial charge in [-0.25, -0.2) is 0 Å². The average Bonchev–Trinajstić information content (AvgIpc) is 3.32. The molecule has 3 heterocycles. The number of hydrogen-bond donors (Lipinski definition) is 0. The Kier molecular flexibility index (Phi) is 3.98. The molecule has 0 unspecified atom stereocenters. The van der Waals surface area contributed by atoms with Gasteiger partial charge in [-0.05, 0) is 49.4 Å². The van der Waals surface area contributed by atoms with Gasteiger partial charge < -0.3 is 14.2 Å². The number of ether oxygens (including phenoxy) is 1. The largest absolute Gasteiger partial charge is 0.480 e. The van der Waals surface area contributed by atoms with Crippen LogP contribution in [0.25, 0.3) is 0 Å². The summed E-state index contributed by atoms with van der Waals surface area (Å²) in [4.78, 5) is 19.3. The van der Waals surface area contributed by atoms with E-state index in [1.165, 1.54) is 11.1 Å². The maximum atomic E-state index is 13.1. The molecule has 0 aliphatic carbocycles. The maximum absolute atomic E-state index is 13.1. The summed E-state index contributed by atoms with van der Waals surface area (Å²) in [5.41, 5.74) is 3.53. The molecule has 0 radical (unpaired) electrons. The molecule has 6 nitrogen and oxygen atoms in total. The molecule has 1 aromatic heterocycles. The van der Waals surface area contributed by atoms with E-state index in [2.05, 4.69) is 30.1 Å². The van der Waals surface area contributed by atoms with Crippen molar-refractivity contribution in [3.63, 3.8) is 0 Å². The van der Waals surface area contributed by atoms with E-state index < -0.39 is 6.10 Å². The summed E-state index contributed by atoms with van der Waals surface area (Å²) < 4.78 is 11.2. The van der Waals surface area contributed by atoms with Crippen molar-refractivity contribution < 1.29 is 14.1 Å². The van der Waals surface area contributed by atoms with Crippen LogP contribution in [0.1, 0.15) is 54.2 Å². The van der Waals surface area contributed by atoms with Crippen molar-refractivity contribution in [2.24, 2.45) is 0 Å². The molecule has 4 rings (SSSR count). The summed E-state index contributed by atoms with van der Waals surface area (Å²) in [6, 6.07) is 4.06. The molecule has 0 saturated carbocycles. The van der Waals surface area contributed by atoms with Crippen LogP contribution in [0.5, 0.6) is 5.75 Å². The minimum Gasteiger partial charge on any atom is -0.480 e. The Morgan fingerprint density at radius 2 is 2.12 bits per heavy atom. The number of benzene rings is 1. The molecule has 25 heavy (non-hydrogen) atoms. The molecule has 1 saturated heterocycles. The van der Waals surface area contributed by atoms with Gasteiger partial charge in [-0.1, -0.05) is 18.1 Å². The van der Waals surface area contributed by atoms with Crippen LogP contribution in [0.3, 0.4) is 0 Å². The Bertz CT molecular complexity index is 783. The van der Waals surface area contributed by atoms with Crippen molar-refractivity contribution in [1.82, 2.24) is 15.0 Å². The molecular formula is C19H23N3O3. The third-order valence-electron chi connectivity index (χ3n) is 5.25. The summed E-state index contributed by atoms with van der Waals surface area (Å²) in [6.07, 6.45) is 2.70. The highest BCUT2D eigenvalue weighted by Gasteiger charge is 2.39. The zero-order valence-corrected chi connectivity index (χ0v) is 14.9. The Hall–Kier alpha value is -2.37. The first-order valence-electron chi connectivity index (χ1n) is 8.96. The lowest BCUT2D eigenvalue weighted by Gasteiger charge is -2.25. The SMILES string of the molecule is CCc1nc([C@@H]2CCCN2C(=O)[C@H]2Cc3cc(C)c(C)cc3O2)no1. The molecule has 0 N–H and O–H groups in total. The number of likely N-dealkylation sites (tertiary alicyclic amines) is 1. The standard InChI is InChI=1S/C19H23N3O3/c1-4-17-20-18(21-25-17)14-6-5-7-22(14)19(23)16-10-13-8-11(2)12(3)9-15(13)24-16/h8-9,14,16H,4-7,10H2,1-3H3/t14-,16+/m0/s1. The number of carbonyl (C=O) groups excluding carboxylic acids is 1. The molecule has 0 bridgehead atoms. The van der Waals surface area contributed by atoms with E-state index in [9.17, 15) is 4.79 Å². The lowest BCUT2D eigenvalue weighted by molar-refractivity contribution is -0.139. The zero-order chi connectivity index (χ0) is 17.6. The third-order valence-corrected chi connectivity index (χ3v) is 5.25. The van der Waals surface area contributed by atoms with Gasteiger partial charge in [0.1, 0.15) is 5.75 Å². The summed E-state index contributed by atoms with van der Waals surface area (Å²) in [6.45, 7) is 6.84. The molecule has 2 aliphatic rings. The Morgan fingerprint density at radius 1 is 1.32 bits per heavy atom. The van der Waals surface area contributed by atoms with E-state index in [-0.39, 0.29) is 11.9 Å². The Balaban J connectivity index is 1.52. The first-order valence-corrected chi connectivity index (χ1v) is 8.96. The van der Waals surface area contributed by atoms with Gasteiger partial charge in [0.25, 0.3) is 5.91 Å². The molecule has 1 aromatic carbocycles. The number of fused-ring (bicyclic) bond motifs is 1. The number of carbonyl (C=O) groups is 1. The highest BCUT2D eigenvalue weighted by molar-refractivity contribution is 5.83. The minimum atomic E-state index is -0.450. The minimum absolute atomic E-state index is 0.0249. The van der Waals surface area contributed by atoms with Crippen molar-refractivity contribution >= 4 is 5.91 Å². The predicted octanol–water partition coefficient (Wildman–Crippen LogP) is 2.92. The number of aryl methyl sites for hydroxylation is 3. The molecule has 132 valence electrons. The first kappa shape index (κ1) is 16.1. The van der Waals surface area contributed by atoms with Crippen molar-refractivity contribution in [3.8, 4) is 5.75 Å². The summed E-state index contributed by atoms with van der Waals surface area (Å²) in [5.74, 6) is 2.09. The number of aromatic nitrogens is 2. The number of hydrogen-bond acceptors (Lipinski definition) is 5. The van der Waals surface area contributed by atoms with Crippen LogP contribution < -0.4 is 4.74 Å². The molecule has 1 fully saturated rings. The highest BCUT2D eigenvalue weighted by Crippen LogP contribution is 2.35. The normalized spacial score (nSPS) is 22.1. The first-order chi connectivity index (χ1) is 12.1. The van der Waals surface area contributed by atoms with Gasteiger partial charge in [0.15, 0.2) is 11.9 Å². The van der Waals surface area contributed by atoms with Crippen LogP contribution in [-0.2, 0) is 17.6 Å². The lowest BCUT2D eigenvalue weighted by atomic mass is 10.0. The molecule has 2 aromatic rings. The van der Waals surface area contributed by atoms with Crippen molar-refractivity contribution in [3.05, 3.63) is 40.5 Å².